The van der Waals surface area contributed by atoms with Crippen molar-refractivity contribution in [1.29, 1.82) is 0 Å². The van der Waals surface area contributed by atoms with E-state index in [9.17, 15) is 28.8 Å². The molecule has 31 nitrogen and oxygen atoms in total. The molecule has 3 saturated carbocycles. The van der Waals surface area contributed by atoms with Crippen LogP contribution in [0.2, 0.25) is 0 Å². The van der Waals surface area contributed by atoms with Gasteiger partial charge in [0, 0.05) is 26.2 Å². The van der Waals surface area contributed by atoms with Crippen molar-refractivity contribution in [2.75, 3.05) is 63.6 Å². The van der Waals surface area contributed by atoms with Crippen LogP contribution in [0.5, 0.6) is 0 Å². The number of imidazole rings is 3. The van der Waals surface area contributed by atoms with Gasteiger partial charge in [0.15, 0.2) is 50.9 Å². The van der Waals surface area contributed by atoms with Crippen molar-refractivity contribution in [2.24, 2.45) is 0 Å². The summed E-state index contributed by atoms with van der Waals surface area (Å²) in [6, 6.07) is 30.9. The first-order chi connectivity index (χ1) is 59.0. The van der Waals surface area contributed by atoms with Gasteiger partial charge in [-0.1, -0.05) is 156 Å². The summed E-state index contributed by atoms with van der Waals surface area (Å²) in [7, 11) is 1.91. The fourth-order valence-electron chi connectivity index (χ4n) is 15.2. The lowest BCUT2D eigenvalue weighted by Crippen LogP contribution is -2.39. The first-order valence-electron chi connectivity index (χ1n) is 43.6. The zero-order chi connectivity index (χ0) is 87.8. The van der Waals surface area contributed by atoms with E-state index in [0.29, 0.717) is 88.2 Å². The molecule has 0 saturated heterocycles. The monoisotopic (exact) mass is 1690 g/mol. The summed E-state index contributed by atoms with van der Waals surface area (Å²) in [6.07, 6.45) is 25.5. The molecule has 10 aromatic rings. The predicted molar refractivity (Wildman–Crippen MR) is 473 cm³/mol. The average molecular weight is 1690 g/mol. The highest BCUT2D eigenvalue weighted by Gasteiger charge is 2.34. The lowest BCUT2D eigenvalue weighted by molar-refractivity contribution is -0.144. The topological polar surface area (TPSA) is 339 Å². The van der Waals surface area contributed by atoms with Crippen LogP contribution in [0.3, 0.4) is 0 Å². The SMILES string of the molecule is CCCCCN(C(=O)OC(C)(C)C)c1nc(N(C)Cc2ccccc2)c2ncn(CC(=O)OCC)c2n1.CCOC(=O)Cn1cnc2c(NC3CCCCC3)nc(N(Cc3ccc(C4CCCCC4)cc3)C(=O)OC(C)(C)C)nc21.CCOC(=O)Cn1cnc2c(NCc3ccco3)nc(N(Cc3ccc(C4CCCCC4)cc3)C(=O)OC(C)(C)C)nc21. The van der Waals surface area contributed by atoms with Crippen molar-refractivity contribution >= 4 is 105 Å². The molecule has 3 amide bonds. The van der Waals surface area contributed by atoms with E-state index in [-0.39, 0.29) is 82.4 Å². The second-order valence-corrected chi connectivity index (χ2v) is 34.5. The van der Waals surface area contributed by atoms with Crippen molar-refractivity contribution < 1.29 is 61.6 Å². The fraction of sp³-hybridized carbons (Fsp3) is 0.533. The molecular weight excluding hydrogens is 1570 g/mol. The number of carbonyl (C=O) groups is 6. The Morgan fingerprint density at radius 3 is 1.28 bits per heavy atom. The maximum Gasteiger partial charge on any atom is 0.417 e. The highest BCUT2D eigenvalue weighted by atomic mass is 16.6. The molecule has 0 unspecified atom stereocenters. The summed E-state index contributed by atoms with van der Waals surface area (Å²) in [5, 5.41) is 6.84. The van der Waals surface area contributed by atoms with E-state index in [1.807, 2.05) is 111 Å². The van der Waals surface area contributed by atoms with Crippen molar-refractivity contribution in [1.82, 2.24) is 58.6 Å². The number of fused-ring (bicyclic) bond motifs is 3. The molecule has 0 aliphatic heterocycles. The molecule has 660 valence electrons. The van der Waals surface area contributed by atoms with E-state index in [4.69, 9.17) is 62.7 Å². The van der Waals surface area contributed by atoms with Crippen LogP contribution in [0.1, 0.15) is 251 Å². The first kappa shape index (κ1) is 91.9. The Balaban J connectivity index is 0.000000180. The van der Waals surface area contributed by atoms with Gasteiger partial charge in [0.1, 0.15) is 42.2 Å². The highest BCUT2D eigenvalue weighted by molar-refractivity contribution is 5.93. The Labute approximate surface area is 721 Å². The Hall–Kier alpha value is -11.8. The molecule has 2 N–H and O–H groups in total. The molecular formula is C92H124N18O13. The van der Waals surface area contributed by atoms with Crippen LogP contribution in [0.25, 0.3) is 33.5 Å². The molecule has 31 heteroatoms. The number of unbranched alkanes of at least 4 members (excludes halogenated alkanes) is 2. The second kappa shape index (κ2) is 43.3. The van der Waals surface area contributed by atoms with Crippen LogP contribution in [0, 0.1) is 0 Å². The zero-order valence-corrected chi connectivity index (χ0v) is 74.2. The number of furan rings is 1. The van der Waals surface area contributed by atoms with Crippen LogP contribution in [-0.2, 0) is 88.6 Å². The molecule has 0 spiro atoms. The largest absolute Gasteiger partial charge is 0.467 e. The third-order valence-corrected chi connectivity index (χ3v) is 21.1. The van der Waals surface area contributed by atoms with Crippen molar-refractivity contribution in [3.05, 3.63) is 150 Å². The average Bonchev–Trinajstić information content (AvgIpc) is 1.67. The lowest BCUT2D eigenvalue weighted by Gasteiger charge is -2.27. The molecule has 3 aromatic carbocycles. The Morgan fingerprint density at radius 2 is 0.854 bits per heavy atom. The number of esters is 3. The number of amides is 3. The van der Waals surface area contributed by atoms with Crippen molar-refractivity contribution in [2.45, 2.75) is 286 Å². The highest BCUT2D eigenvalue weighted by Crippen LogP contribution is 2.37. The number of aromatic nitrogens is 12. The number of nitrogens with zero attached hydrogens (tertiary/aromatic N) is 16. The number of hydrogen-bond donors (Lipinski definition) is 2. The summed E-state index contributed by atoms with van der Waals surface area (Å²) < 4.78 is 43.1. The third kappa shape index (κ3) is 26.6. The van der Waals surface area contributed by atoms with E-state index in [1.54, 1.807) is 59.5 Å². The van der Waals surface area contributed by atoms with Gasteiger partial charge in [0.25, 0.3) is 0 Å². The smallest absolute Gasteiger partial charge is 0.417 e. The Bertz CT molecular complexity index is 5090. The van der Waals surface area contributed by atoms with Gasteiger partial charge in [0.05, 0.1) is 64.7 Å². The van der Waals surface area contributed by atoms with Gasteiger partial charge >= 0.3 is 36.2 Å². The maximum atomic E-state index is 13.7. The van der Waals surface area contributed by atoms with E-state index in [2.05, 4.69) is 81.0 Å². The Morgan fingerprint density at radius 1 is 0.447 bits per heavy atom. The summed E-state index contributed by atoms with van der Waals surface area (Å²) >= 11 is 0. The van der Waals surface area contributed by atoms with Gasteiger partial charge in [-0.3, -0.25) is 14.4 Å². The molecule has 3 aliphatic rings. The minimum Gasteiger partial charge on any atom is -0.467 e. The molecule has 0 bridgehead atoms. The molecule has 0 atom stereocenters. The maximum absolute atomic E-state index is 13.7. The third-order valence-electron chi connectivity index (χ3n) is 21.1. The van der Waals surface area contributed by atoms with E-state index in [0.717, 1.165) is 61.6 Å². The van der Waals surface area contributed by atoms with Gasteiger partial charge in [0.2, 0.25) is 17.8 Å². The van der Waals surface area contributed by atoms with Gasteiger partial charge < -0.3 is 62.1 Å². The van der Waals surface area contributed by atoms with E-state index >= 15 is 0 Å². The zero-order valence-electron chi connectivity index (χ0n) is 74.2. The van der Waals surface area contributed by atoms with Crippen LogP contribution >= 0.6 is 0 Å². The van der Waals surface area contributed by atoms with Gasteiger partial charge in [-0.25, -0.2) is 44.0 Å². The molecule has 7 aromatic heterocycles. The van der Waals surface area contributed by atoms with Crippen molar-refractivity contribution in [3.63, 3.8) is 0 Å². The van der Waals surface area contributed by atoms with Crippen LogP contribution in [0.4, 0.5) is 49.7 Å². The van der Waals surface area contributed by atoms with Crippen LogP contribution in [0.15, 0.2) is 121 Å². The summed E-state index contributed by atoms with van der Waals surface area (Å²) in [4.78, 5) is 126. The van der Waals surface area contributed by atoms with Crippen LogP contribution in [-0.4, -0.2) is 151 Å². The van der Waals surface area contributed by atoms with E-state index < -0.39 is 47.0 Å². The molecule has 7 heterocycles. The molecule has 0 radical (unpaired) electrons. The molecule has 13 rings (SSSR count). The quantitative estimate of drug-likeness (QED) is 0.0240. The van der Waals surface area contributed by atoms with E-state index in [1.165, 1.54) is 103 Å². The Kier molecular flexibility index (Phi) is 32.4. The van der Waals surface area contributed by atoms with Gasteiger partial charge in [-0.15, -0.1) is 0 Å². The fourth-order valence-corrected chi connectivity index (χ4v) is 15.2. The van der Waals surface area contributed by atoms with Crippen LogP contribution < -0.4 is 30.2 Å². The normalized spacial score (nSPS) is 14.2. The standard InChI is InChI=1S/C33H46N6O4.C32H40N6O5.C27H38N6O4/c1-5-42-27(40)21-38-22-34-28-29(35-26-14-10-7-11-15-26)36-31(37-30(28)38)39(32(41)43-33(2,3)4)20-23-16-18-25(19-17-23)24-12-8-6-9-13-24;1-5-41-26(39)20-37-21-34-27-28(33-18-25-12-9-17-42-25)35-30(36-29(27)37)38(31(40)43-32(2,3)4)19-22-13-15-24(16-14-22)23-10-7-6-8-11-23;1-7-9-13-16-33(26(35)37-27(3,4)5)25-29-23(31(6)17-20-14-11-10-12-15-20)22-24(30-25)32(19-28-22)18-21(34)36-8-2/h16-19,22,24,26H,5-15,20-21H2,1-4H3,(H,35,36,37);9,12-17,21,23H,5-8,10-11,18-20H2,1-4H3,(H,33,35,36);10-12,14-15,19H,7-9,13,16-18H2,1-6H3. The number of carbonyl (C=O) groups excluding carboxylic acids is 6. The molecule has 3 fully saturated rings. The van der Waals surface area contributed by atoms with Crippen molar-refractivity contribution in [3.8, 4) is 0 Å². The number of rotatable bonds is 30. The lowest BCUT2D eigenvalue weighted by atomic mass is 9.84. The number of ether oxygens (including phenoxy) is 6. The molecule has 3 aliphatic carbocycles. The number of hydrogen-bond acceptors (Lipinski definition) is 25. The summed E-state index contributed by atoms with van der Waals surface area (Å²) in [5.41, 5.74) is 6.33. The summed E-state index contributed by atoms with van der Waals surface area (Å²) in [6.45, 7) is 26.2. The second-order valence-electron chi connectivity index (χ2n) is 34.5. The van der Waals surface area contributed by atoms with Gasteiger partial charge in [-0.2, -0.15) is 29.9 Å². The molecule has 123 heavy (non-hydrogen) atoms. The number of nitrogens with one attached hydrogen (secondary N) is 2. The predicted octanol–water partition coefficient (Wildman–Crippen LogP) is 18.7. The number of benzene rings is 3. The first-order valence-corrected chi connectivity index (χ1v) is 43.6. The minimum absolute atomic E-state index is 0.0429. The summed E-state index contributed by atoms with van der Waals surface area (Å²) in [5.74, 6) is 2.69. The van der Waals surface area contributed by atoms with Gasteiger partial charge in [-0.05, 0) is 180 Å². The minimum atomic E-state index is -0.740. The number of anilines is 6.